The van der Waals surface area contributed by atoms with Crippen molar-refractivity contribution >= 4 is 21.6 Å². The minimum atomic E-state index is 0.725. The Morgan fingerprint density at radius 1 is 1.04 bits per heavy atom. The van der Waals surface area contributed by atoms with Gasteiger partial charge in [-0.3, -0.25) is 4.68 Å². The van der Waals surface area contributed by atoms with Gasteiger partial charge in [-0.15, -0.1) is 11.3 Å². The largest absolute Gasteiger partial charge is 0.345 e. The lowest BCUT2D eigenvalue weighted by Crippen LogP contribution is -2.00. The molecule has 128 valence electrons. The lowest BCUT2D eigenvalue weighted by Gasteiger charge is -2.05. The highest BCUT2D eigenvalue weighted by atomic mass is 32.1. The summed E-state index contributed by atoms with van der Waals surface area (Å²) in [5, 5.41) is 5.36. The third kappa shape index (κ3) is 2.48. The van der Waals surface area contributed by atoms with Gasteiger partial charge in [0.2, 0.25) is 0 Å². The first-order chi connectivity index (χ1) is 12.7. The van der Waals surface area contributed by atoms with E-state index < -0.39 is 0 Å². The van der Waals surface area contributed by atoms with Gasteiger partial charge in [-0.25, -0.2) is 15.0 Å². The fraction of sp³-hybridized carbons (Fsp3) is 0.158. The van der Waals surface area contributed by atoms with Crippen LogP contribution in [0.4, 0.5) is 0 Å². The molecule has 0 saturated carbocycles. The Labute approximate surface area is 154 Å². The topological polar surface area (TPSA) is 61.4 Å². The first-order valence-electron chi connectivity index (χ1n) is 8.34. The molecule has 0 atom stereocenters. The van der Waals surface area contributed by atoms with Crippen molar-refractivity contribution < 1.29 is 0 Å². The number of aromatic nitrogens is 6. The number of nitrogens with zero attached hydrogens (tertiary/aromatic N) is 6. The average Bonchev–Trinajstić information content (AvgIpc) is 3.32. The molecular weight excluding hydrogens is 344 g/mol. The highest BCUT2D eigenvalue weighted by molar-refractivity contribution is 7.18. The van der Waals surface area contributed by atoms with E-state index in [1.165, 1.54) is 4.70 Å². The summed E-state index contributed by atoms with van der Waals surface area (Å²) in [5.74, 6) is 0.725. The van der Waals surface area contributed by atoms with Crippen LogP contribution in [0.5, 0.6) is 0 Å². The monoisotopic (exact) mass is 360 g/mol. The third-order valence-corrected chi connectivity index (χ3v) is 5.58. The number of pyridine rings is 1. The second kappa shape index (κ2) is 5.74. The van der Waals surface area contributed by atoms with E-state index in [-0.39, 0.29) is 0 Å². The maximum Gasteiger partial charge on any atom is 0.164 e. The molecule has 0 unspecified atom stereocenters. The van der Waals surface area contributed by atoms with E-state index in [1.54, 1.807) is 11.3 Å². The van der Waals surface area contributed by atoms with E-state index in [4.69, 9.17) is 9.97 Å². The molecule has 0 amide bonds. The van der Waals surface area contributed by atoms with Crippen molar-refractivity contribution in [2.75, 3.05) is 0 Å². The molecule has 0 aliphatic carbocycles. The summed E-state index contributed by atoms with van der Waals surface area (Å²) in [6, 6.07) is 10.2. The van der Waals surface area contributed by atoms with Crippen LogP contribution in [0.15, 0.2) is 48.9 Å². The number of hydrogen-bond donors (Lipinski definition) is 0. The van der Waals surface area contributed by atoms with Gasteiger partial charge in [0.1, 0.15) is 10.7 Å². The average molecular weight is 360 g/mol. The number of aryl methyl sites for hydroxylation is 1. The number of benzene rings is 1. The zero-order valence-electron chi connectivity index (χ0n) is 14.4. The highest BCUT2D eigenvalue weighted by Gasteiger charge is 2.16. The highest BCUT2D eigenvalue weighted by Crippen LogP contribution is 2.27. The van der Waals surface area contributed by atoms with Gasteiger partial charge in [-0.05, 0) is 25.1 Å². The maximum atomic E-state index is 4.71. The Bertz CT molecular complexity index is 1160. The Morgan fingerprint density at radius 3 is 2.69 bits per heavy atom. The molecule has 7 heteroatoms. The van der Waals surface area contributed by atoms with E-state index in [2.05, 4.69) is 20.7 Å². The number of imidazole rings is 1. The predicted molar refractivity (Wildman–Crippen MR) is 102 cm³/mol. The number of rotatable bonds is 3. The van der Waals surface area contributed by atoms with Gasteiger partial charge in [0.05, 0.1) is 34.2 Å². The van der Waals surface area contributed by atoms with Gasteiger partial charge in [0.25, 0.3) is 0 Å². The lowest BCUT2D eigenvalue weighted by atomic mass is 10.2. The zero-order chi connectivity index (χ0) is 17.7. The molecule has 0 saturated heterocycles. The van der Waals surface area contributed by atoms with Gasteiger partial charge in [0, 0.05) is 25.1 Å². The molecule has 2 aromatic heterocycles. The second-order valence-electron chi connectivity index (χ2n) is 6.28. The molecule has 0 fully saturated rings. The van der Waals surface area contributed by atoms with Crippen LogP contribution in [0.1, 0.15) is 10.7 Å². The predicted octanol–water partition coefficient (Wildman–Crippen LogP) is 3.75. The minimum Gasteiger partial charge on any atom is -0.345 e. The first kappa shape index (κ1) is 15.2. The normalized spacial score (nSPS) is 11.6. The van der Waals surface area contributed by atoms with Crippen molar-refractivity contribution in [2.24, 2.45) is 7.05 Å². The van der Waals surface area contributed by atoms with Crippen LogP contribution >= 0.6 is 11.3 Å². The molecule has 0 bridgehead atoms. The molecule has 4 heterocycles. The molecule has 0 radical (unpaired) electrons. The molecular formula is C19H16N6S. The first-order valence-corrected chi connectivity index (χ1v) is 9.16. The van der Waals surface area contributed by atoms with Gasteiger partial charge >= 0.3 is 0 Å². The van der Waals surface area contributed by atoms with Crippen LogP contribution < -0.4 is 0 Å². The van der Waals surface area contributed by atoms with Crippen LogP contribution in [0, 0.1) is 6.92 Å². The molecule has 6 nitrogen and oxygen atoms in total. The Hall–Kier alpha value is -3.06. The Kier molecular flexibility index (Phi) is 3.36. The summed E-state index contributed by atoms with van der Waals surface area (Å²) >= 11 is 1.73. The maximum absolute atomic E-state index is 4.71. The van der Waals surface area contributed by atoms with Gasteiger partial charge in [0.15, 0.2) is 5.82 Å². The summed E-state index contributed by atoms with van der Waals surface area (Å²) in [4.78, 5) is 14.1. The van der Waals surface area contributed by atoms with E-state index in [1.807, 2.05) is 61.5 Å². The molecule has 26 heavy (non-hydrogen) atoms. The third-order valence-electron chi connectivity index (χ3n) is 4.56. The Morgan fingerprint density at radius 2 is 1.88 bits per heavy atom. The molecule has 1 aromatic carbocycles. The lowest BCUT2D eigenvalue weighted by molar-refractivity contribution is 0.740. The van der Waals surface area contributed by atoms with Crippen molar-refractivity contribution in [1.29, 1.82) is 0 Å². The fourth-order valence-corrected chi connectivity index (χ4v) is 4.01. The van der Waals surface area contributed by atoms with Crippen LogP contribution in [0.3, 0.4) is 0 Å². The van der Waals surface area contributed by atoms with Crippen LogP contribution in [0.2, 0.25) is 0 Å². The van der Waals surface area contributed by atoms with Crippen molar-refractivity contribution in [3.63, 3.8) is 0 Å². The van der Waals surface area contributed by atoms with Crippen molar-refractivity contribution in [1.82, 2.24) is 29.3 Å². The van der Waals surface area contributed by atoms with E-state index >= 15 is 0 Å². The van der Waals surface area contributed by atoms with Crippen molar-refractivity contribution in [2.45, 2.75) is 13.5 Å². The summed E-state index contributed by atoms with van der Waals surface area (Å²) in [7, 11) is 1.92. The van der Waals surface area contributed by atoms with Crippen LogP contribution in [-0.4, -0.2) is 29.3 Å². The van der Waals surface area contributed by atoms with E-state index in [0.717, 1.165) is 45.5 Å². The van der Waals surface area contributed by atoms with Gasteiger partial charge in [-0.2, -0.15) is 5.10 Å². The molecule has 2 aliphatic rings. The second-order valence-corrected chi connectivity index (χ2v) is 7.39. The number of hydrogen-bond acceptors (Lipinski definition) is 5. The quantitative estimate of drug-likeness (QED) is 0.492. The minimum absolute atomic E-state index is 0.725. The molecule has 0 spiro atoms. The number of para-hydroxylation sites is 1. The zero-order valence-corrected chi connectivity index (χ0v) is 15.2. The number of fused-ring (bicyclic) bond motifs is 2. The van der Waals surface area contributed by atoms with Crippen LogP contribution in [0.25, 0.3) is 33.0 Å². The summed E-state index contributed by atoms with van der Waals surface area (Å²) in [5.41, 5.74) is 4.86. The Balaban J connectivity index is 1.50. The number of thiazole rings is 1. The smallest absolute Gasteiger partial charge is 0.164 e. The van der Waals surface area contributed by atoms with Gasteiger partial charge < -0.3 is 4.57 Å². The summed E-state index contributed by atoms with van der Waals surface area (Å²) in [6.07, 6.45) is 5.88. The fourth-order valence-electron chi connectivity index (χ4n) is 3.03. The van der Waals surface area contributed by atoms with Gasteiger partial charge in [-0.1, -0.05) is 12.1 Å². The van der Waals surface area contributed by atoms with Crippen molar-refractivity contribution in [3.8, 4) is 22.8 Å². The molecule has 5 rings (SSSR count). The van der Waals surface area contributed by atoms with Crippen molar-refractivity contribution in [3.05, 3.63) is 59.6 Å². The molecule has 0 N–H and O–H groups in total. The van der Waals surface area contributed by atoms with E-state index in [0.29, 0.717) is 0 Å². The summed E-state index contributed by atoms with van der Waals surface area (Å²) < 4.78 is 5.16. The van der Waals surface area contributed by atoms with E-state index in [9.17, 15) is 0 Å². The summed E-state index contributed by atoms with van der Waals surface area (Å²) in [6.45, 7) is 2.75. The molecule has 2 aliphatic heterocycles. The SMILES string of the molecule is Cc1c(-c2nc3ccn(Cc4nc5ccccc5s4)cc-3n2)cnn1C. The molecule has 3 aromatic rings. The van der Waals surface area contributed by atoms with Crippen LogP contribution in [-0.2, 0) is 13.6 Å². The standard InChI is InChI=1S/C19H16N6S/c1-12-13(9-20-24(12)2)19-22-14-7-8-25(10-16(14)23-19)11-18-21-15-5-3-4-6-17(15)26-18/h3-10H,11H2,1-2H3.